The van der Waals surface area contributed by atoms with Gasteiger partial charge in [0, 0.05) is 17.1 Å². The van der Waals surface area contributed by atoms with Crippen molar-refractivity contribution in [3.8, 4) is 11.3 Å². The maximum Gasteiger partial charge on any atom is 0.255 e. The summed E-state index contributed by atoms with van der Waals surface area (Å²) in [6.07, 6.45) is 1.50. The number of halogens is 1. The third-order valence-electron chi connectivity index (χ3n) is 3.04. The molecule has 4 N–H and O–H groups in total. The van der Waals surface area contributed by atoms with Crippen molar-refractivity contribution in [3.05, 3.63) is 41.0 Å². The average Bonchev–Trinajstić information content (AvgIpc) is 2.94. The van der Waals surface area contributed by atoms with Crippen molar-refractivity contribution in [2.24, 2.45) is 11.7 Å². The van der Waals surface area contributed by atoms with Crippen LogP contribution in [-0.2, 0) is 0 Å². The molecule has 1 unspecified atom stereocenters. The largest absolute Gasteiger partial charge is 0.352 e. The van der Waals surface area contributed by atoms with Crippen LogP contribution in [0.5, 0.6) is 0 Å². The lowest BCUT2D eigenvalue weighted by Crippen LogP contribution is -2.31. The first-order chi connectivity index (χ1) is 9.63. The minimum absolute atomic E-state index is 0.186. The highest BCUT2D eigenvalue weighted by Crippen LogP contribution is 2.28. The predicted molar refractivity (Wildman–Crippen MR) is 79.6 cm³/mol. The molecule has 5 nitrogen and oxygen atoms in total. The second kappa shape index (κ2) is 6.54. The fraction of sp³-hybridized carbons (Fsp3) is 0.286. The first-order valence-electron chi connectivity index (χ1n) is 6.40. The van der Waals surface area contributed by atoms with E-state index in [0.717, 1.165) is 5.56 Å². The van der Waals surface area contributed by atoms with Gasteiger partial charge in [-0.1, -0.05) is 36.7 Å². The fourth-order valence-corrected chi connectivity index (χ4v) is 2.00. The summed E-state index contributed by atoms with van der Waals surface area (Å²) in [6, 6.07) is 7.32. The molecule has 0 bridgehead atoms. The molecule has 0 aliphatic rings. The zero-order chi connectivity index (χ0) is 14.5. The highest BCUT2D eigenvalue weighted by atomic mass is 35.5. The number of nitrogens with zero attached hydrogens (tertiary/aromatic N) is 1. The quantitative estimate of drug-likeness (QED) is 0.788. The molecule has 0 spiro atoms. The predicted octanol–water partition coefficient (Wildman–Crippen LogP) is 2.05. The molecule has 1 amide bonds. The van der Waals surface area contributed by atoms with Gasteiger partial charge in [-0.05, 0) is 18.5 Å². The lowest BCUT2D eigenvalue weighted by molar-refractivity contribution is 0.0949. The Labute approximate surface area is 122 Å². The van der Waals surface area contributed by atoms with Crippen molar-refractivity contribution in [2.75, 3.05) is 13.1 Å². The van der Waals surface area contributed by atoms with Gasteiger partial charge in [-0.2, -0.15) is 5.10 Å². The molecule has 1 atom stereocenters. The fourth-order valence-electron chi connectivity index (χ4n) is 1.77. The van der Waals surface area contributed by atoms with Gasteiger partial charge in [0.05, 0.1) is 17.5 Å². The van der Waals surface area contributed by atoms with E-state index in [4.69, 9.17) is 17.3 Å². The zero-order valence-corrected chi connectivity index (χ0v) is 11.9. The Morgan fingerprint density at radius 2 is 2.25 bits per heavy atom. The number of aromatic amines is 1. The van der Waals surface area contributed by atoms with Crippen LogP contribution in [0.3, 0.4) is 0 Å². The monoisotopic (exact) mass is 292 g/mol. The standard InChI is InChI=1S/C14H17ClN4O/c1-9(6-16)7-17-14(20)11-8-18-19-13(11)10-4-2-3-5-12(10)15/h2-5,8-9H,6-7,16H2,1H3,(H,17,20)(H,18,19). The van der Waals surface area contributed by atoms with Gasteiger partial charge in [-0.3, -0.25) is 9.89 Å². The van der Waals surface area contributed by atoms with E-state index in [9.17, 15) is 4.79 Å². The Morgan fingerprint density at radius 3 is 2.95 bits per heavy atom. The molecule has 0 fully saturated rings. The summed E-state index contributed by atoms with van der Waals surface area (Å²) in [5.74, 6) is 0.0450. The molecule has 1 aromatic carbocycles. The van der Waals surface area contributed by atoms with E-state index in [-0.39, 0.29) is 11.8 Å². The highest BCUT2D eigenvalue weighted by Gasteiger charge is 2.17. The smallest absolute Gasteiger partial charge is 0.255 e. The third-order valence-corrected chi connectivity index (χ3v) is 3.37. The van der Waals surface area contributed by atoms with E-state index in [0.29, 0.717) is 29.4 Å². The lowest BCUT2D eigenvalue weighted by Gasteiger charge is -2.10. The van der Waals surface area contributed by atoms with Crippen LogP contribution in [0.15, 0.2) is 30.5 Å². The van der Waals surface area contributed by atoms with E-state index in [1.807, 2.05) is 25.1 Å². The number of nitrogens with one attached hydrogen (secondary N) is 2. The first kappa shape index (κ1) is 14.6. The Bertz CT molecular complexity index is 596. The SMILES string of the molecule is CC(CN)CNC(=O)c1cn[nH]c1-c1ccccc1Cl. The van der Waals surface area contributed by atoms with Crippen molar-refractivity contribution in [2.45, 2.75) is 6.92 Å². The second-order valence-electron chi connectivity index (χ2n) is 4.69. The molecule has 0 aliphatic heterocycles. The minimum Gasteiger partial charge on any atom is -0.352 e. The Kier molecular flexibility index (Phi) is 4.76. The van der Waals surface area contributed by atoms with E-state index >= 15 is 0 Å². The van der Waals surface area contributed by atoms with Gasteiger partial charge in [0.1, 0.15) is 0 Å². The summed E-state index contributed by atoms with van der Waals surface area (Å²) >= 11 is 6.15. The summed E-state index contributed by atoms with van der Waals surface area (Å²) in [5.41, 5.74) is 7.38. The van der Waals surface area contributed by atoms with E-state index in [1.165, 1.54) is 6.20 Å². The highest BCUT2D eigenvalue weighted by molar-refractivity contribution is 6.33. The van der Waals surface area contributed by atoms with Gasteiger partial charge in [-0.25, -0.2) is 0 Å². The molecule has 1 heterocycles. The number of H-pyrrole nitrogens is 1. The molecule has 2 aromatic rings. The van der Waals surface area contributed by atoms with Crippen LogP contribution < -0.4 is 11.1 Å². The number of amides is 1. The number of hydrogen-bond acceptors (Lipinski definition) is 3. The topological polar surface area (TPSA) is 83.8 Å². The number of carbonyl (C=O) groups excluding carboxylic acids is 1. The molecule has 1 aromatic heterocycles. The Hall–Kier alpha value is -1.85. The number of rotatable bonds is 5. The average molecular weight is 293 g/mol. The Morgan fingerprint density at radius 1 is 1.50 bits per heavy atom. The van der Waals surface area contributed by atoms with Crippen molar-refractivity contribution < 1.29 is 4.79 Å². The summed E-state index contributed by atoms with van der Waals surface area (Å²) < 4.78 is 0. The normalized spacial score (nSPS) is 12.2. The molecule has 20 heavy (non-hydrogen) atoms. The van der Waals surface area contributed by atoms with Gasteiger partial charge >= 0.3 is 0 Å². The molecular formula is C14H17ClN4O. The summed E-state index contributed by atoms with van der Waals surface area (Å²) in [5, 5.41) is 10.2. The van der Waals surface area contributed by atoms with E-state index in [1.54, 1.807) is 6.07 Å². The molecule has 2 rings (SSSR count). The van der Waals surface area contributed by atoms with Crippen LogP contribution in [-0.4, -0.2) is 29.2 Å². The van der Waals surface area contributed by atoms with Crippen molar-refractivity contribution in [3.63, 3.8) is 0 Å². The van der Waals surface area contributed by atoms with Gasteiger partial charge in [0.2, 0.25) is 0 Å². The minimum atomic E-state index is -0.186. The number of benzene rings is 1. The maximum absolute atomic E-state index is 12.2. The van der Waals surface area contributed by atoms with Gasteiger partial charge < -0.3 is 11.1 Å². The number of nitrogens with two attached hydrogens (primary N) is 1. The molecule has 0 aliphatic carbocycles. The second-order valence-corrected chi connectivity index (χ2v) is 5.10. The van der Waals surface area contributed by atoms with Gasteiger partial charge in [-0.15, -0.1) is 0 Å². The summed E-state index contributed by atoms with van der Waals surface area (Å²) in [4.78, 5) is 12.2. The summed E-state index contributed by atoms with van der Waals surface area (Å²) in [6.45, 7) is 3.04. The van der Waals surface area contributed by atoms with Crippen LogP contribution in [0.2, 0.25) is 5.02 Å². The zero-order valence-electron chi connectivity index (χ0n) is 11.2. The Balaban J connectivity index is 2.21. The van der Waals surface area contributed by atoms with Crippen molar-refractivity contribution >= 4 is 17.5 Å². The van der Waals surface area contributed by atoms with Crippen molar-refractivity contribution in [1.82, 2.24) is 15.5 Å². The maximum atomic E-state index is 12.2. The summed E-state index contributed by atoms with van der Waals surface area (Å²) in [7, 11) is 0. The van der Waals surface area contributed by atoms with E-state index in [2.05, 4.69) is 15.5 Å². The van der Waals surface area contributed by atoms with Gasteiger partial charge in [0.15, 0.2) is 0 Å². The molecule has 6 heteroatoms. The first-order valence-corrected chi connectivity index (χ1v) is 6.77. The number of aromatic nitrogens is 2. The number of hydrogen-bond donors (Lipinski definition) is 3. The van der Waals surface area contributed by atoms with Crippen LogP contribution in [0, 0.1) is 5.92 Å². The molecule has 0 saturated carbocycles. The van der Waals surface area contributed by atoms with E-state index < -0.39 is 0 Å². The van der Waals surface area contributed by atoms with Crippen LogP contribution in [0.1, 0.15) is 17.3 Å². The van der Waals surface area contributed by atoms with Crippen molar-refractivity contribution in [1.29, 1.82) is 0 Å². The van der Waals surface area contributed by atoms with Crippen LogP contribution >= 0.6 is 11.6 Å². The molecule has 0 saturated heterocycles. The number of carbonyl (C=O) groups is 1. The molecular weight excluding hydrogens is 276 g/mol. The van der Waals surface area contributed by atoms with Gasteiger partial charge in [0.25, 0.3) is 5.91 Å². The van der Waals surface area contributed by atoms with Crippen LogP contribution in [0.25, 0.3) is 11.3 Å². The lowest BCUT2D eigenvalue weighted by atomic mass is 10.1. The molecule has 106 valence electrons. The third kappa shape index (κ3) is 3.18. The van der Waals surface area contributed by atoms with Crippen LogP contribution in [0.4, 0.5) is 0 Å². The molecule has 0 radical (unpaired) electrons.